The normalized spacial score (nSPS) is 23.4. The molecule has 20 heavy (non-hydrogen) atoms. The lowest BCUT2D eigenvalue weighted by molar-refractivity contribution is 0.0593. The van der Waals surface area contributed by atoms with Crippen molar-refractivity contribution in [2.75, 3.05) is 26.2 Å². The second-order valence-electron chi connectivity index (χ2n) is 6.41. The maximum Gasteiger partial charge on any atom is 0.0702 e. The number of aromatic nitrogens is 2. The Morgan fingerprint density at radius 1 is 1.30 bits per heavy atom. The van der Waals surface area contributed by atoms with Crippen LogP contribution in [0.15, 0.2) is 12.3 Å². The average Bonchev–Trinajstić information content (AvgIpc) is 3.02. The van der Waals surface area contributed by atoms with Crippen molar-refractivity contribution < 1.29 is 4.74 Å². The smallest absolute Gasteiger partial charge is 0.0702 e. The van der Waals surface area contributed by atoms with Gasteiger partial charge in [0.15, 0.2) is 0 Å². The topological polar surface area (TPSA) is 30.3 Å². The Bertz CT molecular complexity index is 408. The largest absolute Gasteiger partial charge is 0.377 e. The van der Waals surface area contributed by atoms with E-state index >= 15 is 0 Å². The van der Waals surface area contributed by atoms with Gasteiger partial charge in [0.25, 0.3) is 0 Å². The Balaban J connectivity index is 1.49. The van der Waals surface area contributed by atoms with Crippen molar-refractivity contribution in [3.63, 3.8) is 0 Å². The predicted octanol–water partition coefficient (Wildman–Crippen LogP) is 2.47. The molecule has 4 heteroatoms. The average molecular weight is 277 g/mol. The summed E-state index contributed by atoms with van der Waals surface area (Å²) in [7, 11) is 0. The fourth-order valence-electron chi connectivity index (χ4n) is 3.21. The van der Waals surface area contributed by atoms with E-state index < -0.39 is 0 Å². The maximum absolute atomic E-state index is 5.81. The van der Waals surface area contributed by atoms with Crippen LogP contribution in [0.25, 0.3) is 0 Å². The molecule has 2 heterocycles. The first-order chi connectivity index (χ1) is 9.79. The van der Waals surface area contributed by atoms with E-state index in [1.807, 2.05) is 0 Å². The van der Waals surface area contributed by atoms with Crippen LogP contribution in [0.1, 0.15) is 37.8 Å². The van der Waals surface area contributed by atoms with E-state index in [1.165, 1.54) is 38.6 Å². The number of nitrogens with zero attached hydrogens (tertiary/aromatic N) is 3. The molecule has 1 saturated carbocycles. The SMILES string of the molecule is Cc1ccn(CCN(CC2CCC2)CC2CCCO2)n1. The van der Waals surface area contributed by atoms with Gasteiger partial charge in [-0.05, 0) is 44.6 Å². The molecular weight excluding hydrogens is 250 g/mol. The highest BCUT2D eigenvalue weighted by Crippen LogP contribution is 2.27. The van der Waals surface area contributed by atoms with Crippen LogP contribution in [-0.2, 0) is 11.3 Å². The maximum atomic E-state index is 5.81. The number of rotatable bonds is 7. The van der Waals surface area contributed by atoms with Crippen LogP contribution >= 0.6 is 0 Å². The Morgan fingerprint density at radius 2 is 2.20 bits per heavy atom. The van der Waals surface area contributed by atoms with Gasteiger partial charge >= 0.3 is 0 Å². The Hall–Kier alpha value is -0.870. The number of hydrogen-bond donors (Lipinski definition) is 0. The molecule has 1 unspecified atom stereocenters. The molecule has 2 fully saturated rings. The summed E-state index contributed by atoms with van der Waals surface area (Å²) in [6.45, 7) is 7.46. The van der Waals surface area contributed by atoms with E-state index in [4.69, 9.17) is 4.74 Å². The van der Waals surface area contributed by atoms with Crippen molar-refractivity contribution in [2.45, 2.75) is 51.7 Å². The minimum absolute atomic E-state index is 0.467. The third-order valence-corrected chi connectivity index (χ3v) is 4.65. The Morgan fingerprint density at radius 3 is 2.80 bits per heavy atom. The van der Waals surface area contributed by atoms with Gasteiger partial charge in [0.2, 0.25) is 0 Å². The monoisotopic (exact) mass is 277 g/mol. The molecule has 0 spiro atoms. The van der Waals surface area contributed by atoms with Crippen LogP contribution in [0.5, 0.6) is 0 Å². The van der Waals surface area contributed by atoms with Gasteiger partial charge in [-0.3, -0.25) is 9.58 Å². The highest BCUT2D eigenvalue weighted by molar-refractivity contribution is 4.94. The zero-order chi connectivity index (χ0) is 13.8. The standard InChI is InChI=1S/C16H27N3O/c1-14-7-8-19(17-14)10-9-18(12-15-4-2-5-15)13-16-6-3-11-20-16/h7-8,15-16H,2-6,9-13H2,1H3. The summed E-state index contributed by atoms with van der Waals surface area (Å²) in [5.74, 6) is 0.927. The molecule has 0 aromatic carbocycles. The zero-order valence-corrected chi connectivity index (χ0v) is 12.6. The van der Waals surface area contributed by atoms with E-state index in [0.717, 1.165) is 37.9 Å². The molecule has 2 aliphatic rings. The molecule has 0 N–H and O–H groups in total. The van der Waals surface area contributed by atoms with Crippen LogP contribution in [0, 0.1) is 12.8 Å². The quantitative estimate of drug-likeness (QED) is 0.767. The molecule has 0 bridgehead atoms. The molecule has 1 saturated heterocycles. The van der Waals surface area contributed by atoms with Crippen LogP contribution in [0.4, 0.5) is 0 Å². The lowest BCUT2D eigenvalue weighted by atomic mass is 9.85. The summed E-state index contributed by atoms with van der Waals surface area (Å²) >= 11 is 0. The van der Waals surface area contributed by atoms with Gasteiger partial charge in [0.05, 0.1) is 18.3 Å². The van der Waals surface area contributed by atoms with Gasteiger partial charge in [0, 0.05) is 32.4 Å². The van der Waals surface area contributed by atoms with Crippen LogP contribution < -0.4 is 0 Å². The summed E-state index contributed by atoms with van der Waals surface area (Å²) in [4.78, 5) is 2.61. The second kappa shape index (κ2) is 6.72. The fraction of sp³-hybridized carbons (Fsp3) is 0.812. The molecule has 3 rings (SSSR count). The van der Waals surface area contributed by atoms with E-state index in [2.05, 4.69) is 33.9 Å². The number of aryl methyl sites for hydroxylation is 1. The van der Waals surface area contributed by atoms with Crippen LogP contribution in [0.2, 0.25) is 0 Å². The van der Waals surface area contributed by atoms with Crippen molar-refractivity contribution >= 4 is 0 Å². The first-order valence-corrected chi connectivity index (χ1v) is 8.13. The van der Waals surface area contributed by atoms with Gasteiger partial charge in [-0.2, -0.15) is 5.10 Å². The Labute approximate surface area is 122 Å². The van der Waals surface area contributed by atoms with E-state index in [-0.39, 0.29) is 0 Å². The van der Waals surface area contributed by atoms with Crippen molar-refractivity contribution in [1.29, 1.82) is 0 Å². The minimum Gasteiger partial charge on any atom is -0.377 e. The predicted molar refractivity (Wildman–Crippen MR) is 79.7 cm³/mol. The van der Waals surface area contributed by atoms with Crippen molar-refractivity contribution in [3.05, 3.63) is 18.0 Å². The summed E-state index contributed by atoms with van der Waals surface area (Å²) in [5.41, 5.74) is 1.11. The molecule has 0 radical (unpaired) electrons. The van der Waals surface area contributed by atoms with E-state index in [0.29, 0.717) is 6.10 Å². The summed E-state index contributed by atoms with van der Waals surface area (Å²) in [5, 5.41) is 4.49. The highest BCUT2D eigenvalue weighted by atomic mass is 16.5. The highest BCUT2D eigenvalue weighted by Gasteiger charge is 2.24. The van der Waals surface area contributed by atoms with Gasteiger partial charge in [-0.15, -0.1) is 0 Å². The first kappa shape index (κ1) is 14.1. The number of ether oxygens (including phenoxy) is 1. The van der Waals surface area contributed by atoms with Crippen molar-refractivity contribution in [2.24, 2.45) is 5.92 Å². The van der Waals surface area contributed by atoms with Crippen molar-refractivity contribution in [3.8, 4) is 0 Å². The minimum atomic E-state index is 0.467. The van der Waals surface area contributed by atoms with Gasteiger partial charge in [-0.1, -0.05) is 6.42 Å². The molecule has 1 aliphatic heterocycles. The fourth-order valence-corrected chi connectivity index (χ4v) is 3.21. The van der Waals surface area contributed by atoms with E-state index in [9.17, 15) is 0 Å². The summed E-state index contributed by atoms with van der Waals surface area (Å²) in [6, 6.07) is 2.08. The molecular formula is C16H27N3O. The van der Waals surface area contributed by atoms with Gasteiger partial charge in [-0.25, -0.2) is 0 Å². The lowest BCUT2D eigenvalue weighted by Gasteiger charge is -2.33. The zero-order valence-electron chi connectivity index (χ0n) is 12.6. The third-order valence-electron chi connectivity index (χ3n) is 4.65. The first-order valence-electron chi connectivity index (χ1n) is 8.13. The number of hydrogen-bond acceptors (Lipinski definition) is 3. The summed E-state index contributed by atoms with van der Waals surface area (Å²) in [6.07, 6.45) is 9.29. The van der Waals surface area contributed by atoms with E-state index in [1.54, 1.807) is 0 Å². The Kier molecular flexibility index (Phi) is 4.73. The van der Waals surface area contributed by atoms with Gasteiger partial charge < -0.3 is 4.74 Å². The molecule has 1 atom stereocenters. The molecule has 112 valence electrons. The second-order valence-corrected chi connectivity index (χ2v) is 6.41. The van der Waals surface area contributed by atoms with Crippen molar-refractivity contribution in [1.82, 2.24) is 14.7 Å². The molecule has 1 aromatic rings. The lowest BCUT2D eigenvalue weighted by Crippen LogP contribution is -2.39. The molecule has 4 nitrogen and oxygen atoms in total. The van der Waals surface area contributed by atoms with Crippen LogP contribution in [-0.4, -0.2) is 47.0 Å². The molecule has 1 aliphatic carbocycles. The summed E-state index contributed by atoms with van der Waals surface area (Å²) < 4.78 is 7.88. The van der Waals surface area contributed by atoms with Gasteiger partial charge in [0.1, 0.15) is 0 Å². The molecule has 0 amide bonds. The third kappa shape index (κ3) is 3.83. The van der Waals surface area contributed by atoms with Crippen LogP contribution in [0.3, 0.4) is 0 Å². The molecule has 1 aromatic heterocycles.